The van der Waals surface area contributed by atoms with Crippen LogP contribution in [0.2, 0.25) is 0 Å². The molecule has 0 fully saturated rings. The first-order valence-electron chi connectivity index (χ1n) is 5.48. The lowest BCUT2D eigenvalue weighted by molar-refractivity contribution is 0.682. The van der Waals surface area contributed by atoms with Crippen molar-refractivity contribution >= 4 is 5.69 Å². The summed E-state index contributed by atoms with van der Waals surface area (Å²) in [5.41, 5.74) is 3.66. The molecule has 3 heteroatoms. The molecular weight excluding hydrogens is 198 g/mol. The molecule has 0 saturated carbocycles. The minimum Gasteiger partial charge on any atom is -0.388 e. The van der Waals surface area contributed by atoms with Crippen LogP contribution in [0.3, 0.4) is 0 Å². The molecule has 0 radical (unpaired) electrons. The van der Waals surface area contributed by atoms with Gasteiger partial charge in [-0.05, 0) is 29.8 Å². The first kappa shape index (κ1) is 10.8. The molecule has 1 heterocycles. The summed E-state index contributed by atoms with van der Waals surface area (Å²) in [5, 5.41) is 6.50. The molecule has 84 valence electrons. The average molecular weight is 215 g/mol. The molecule has 3 nitrogen and oxygen atoms in total. The van der Waals surface area contributed by atoms with E-state index >= 15 is 0 Å². The molecule has 0 aliphatic heterocycles. The van der Waals surface area contributed by atoms with Crippen molar-refractivity contribution in [2.75, 3.05) is 12.4 Å². The fraction of sp³-hybridized carbons (Fsp3) is 0.231. The van der Waals surface area contributed by atoms with Gasteiger partial charge >= 0.3 is 0 Å². The van der Waals surface area contributed by atoms with E-state index in [2.05, 4.69) is 45.9 Å². The molecule has 1 aromatic heterocycles. The first-order chi connectivity index (χ1) is 7.88. The molecule has 2 aromatic rings. The van der Waals surface area contributed by atoms with Crippen LogP contribution >= 0.6 is 0 Å². The maximum atomic E-state index is 3.39. The van der Waals surface area contributed by atoms with E-state index in [0.717, 1.165) is 18.8 Å². The van der Waals surface area contributed by atoms with Crippen LogP contribution in [-0.2, 0) is 13.1 Å². The smallest absolute Gasteiger partial charge is 0.0360 e. The summed E-state index contributed by atoms with van der Waals surface area (Å²) in [5.74, 6) is 0. The predicted octanol–water partition coefficient (Wildman–Crippen LogP) is 2.35. The Kier molecular flexibility index (Phi) is 3.62. The topological polar surface area (TPSA) is 39.8 Å². The molecule has 1 aromatic carbocycles. The highest BCUT2D eigenvalue weighted by Crippen LogP contribution is 2.08. The second-order valence-electron chi connectivity index (χ2n) is 3.75. The second-order valence-corrected chi connectivity index (χ2v) is 3.75. The number of hydrogen-bond acceptors (Lipinski definition) is 2. The number of rotatable bonds is 5. The average Bonchev–Trinajstić information content (AvgIpc) is 2.83. The van der Waals surface area contributed by atoms with E-state index < -0.39 is 0 Å². The molecule has 16 heavy (non-hydrogen) atoms. The van der Waals surface area contributed by atoms with Gasteiger partial charge in [0.1, 0.15) is 0 Å². The normalized spacial score (nSPS) is 10.3. The third-order valence-corrected chi connectivity index (χ3v) is 2.55. The van der Waals surface area contributed by atoms with Gasteiger partial charge in [-0.25, -0.2) is 0 Å². The Morgan fingerprint density at radius 2 is 1.88 bits per heavy atom. The van der Waals surface area contributed by atoms with E-state index in [-0.39, 0.29) is 0 Å². The number of nitrogens with one attached hydrogen (secondary N) is 3. The van der Waals surface area contributed by atoms with Crippen LogP contribution in [-0.4, -0.2) is 12.0 Å². The van der Waals surface area contributed by atoms with Crippen LogP contribution in [0.25, 0.3) is 0 Å². The third kappa shape index (κ3) is 2.87. The fourth-order valence-electron chi connectivity index (χ4n) is 1.61. The molecule has 0 saturated heterocycles. The van der Waals surface area contributed by atoms with E-state index in [9.17, 15) is 0 Å². The van der Waals surface area contributed by atoms with Gasteiger partial charge in [0.25, 0.3) is 0 Å². The minimum absolute atomic E-state index is 0.876. The lowest BCUT2D eigenvalue weighted by Crippen LogP contribution is -2.12. The van der Waals surface area contributed by atoms with Crippen molar-refractivity contribution in [3.05, 3.63) is 53.9 Å². The number of hydrogen-bond donors (Lipinski definition) is 3. The van der Waals surface area contributed by atoms with E-state index in [4.69, 9.17) is 0 Å². The second kappa shape index (κ2) is 5.37. The highest BCUT2D eigenvalue weighted by molar-refractivity contribution is 5.43. The summed E-state index contributed by atoms with van der Waals surface area (Å²) >= 11 is 0. The van der Waals surface area contributed by atoms with Crippen molar-refractivity contribution in [2.24, 2.45) is 0 Å². The summed E-state index contributed by atoms with van der Waals surface area (Å²) in [6.07, 6.45) is 1.94. The van der Waals surface area contributed by atoms with Crippen molar-refractivity contribution < 1.29 is 0 Å². The van der Waals surface area contributed by atoms with Crippen molar-refractivity contribution in [1.82, 2.24) is 10.3 Å². The number of benzene rings is 1. The van der Waals surface area contributed by atoms with E-state index in [1.54, 1.807) is 0 Å². The first-order valence-corrected chi connectivity index (χ1v) is 5.48. The van der Waals surface area contributed by atoms with Gasteiger partial charge < -0.3 is 15.6 Å². The SMILES string of the molecule is CNc1ccc(CNCc2ccc[nH]2)cc1. The Morgan fingerprint density at radius 3 is 2.50 bits per heavy atom. The van der Waals surface area contributed by atoms with Crippen LogP contribution in [0.1, 0.15) is 11.3 Å². The summed E-state index contributed by atoms with van der Waals surface area (Å²) in [7, 11) is 1.93. The Labute approximate surface area is 95.9 Å². The fourth-order valence-corrected chi connectivity index (χ4v) is 1.61. The van der Waals surface area contributed by atoms with E-state index in [1.807, 2.05) is 19.3 Å². The molecule has 3 N–H and O–H groups in total. The van der Waals surface area contributed by atoms with E-state index in [1.165, 1.54) is 11.3 Å². The van der Waals surface area contributed by atoms with Crippen molar-refractivity contribution in [3.8, 4) is 0 Å². The lowest BCUT2D eigenvalue weighted by Gasteiger charge is -2.05. The van der Waals surface area contributed by atoms with Gasteiger partial charge in [0.2, 0.25) is 0 Å². The highest BCUT2D eigenvalue weighted by atomic mass is 14.9. The Hall–Kier alpha value is -1.74. The molecule has 2 rings (SSSR count). The maximum Gasteiger partial charge on any atom is 0.0360 e. The largest absolute Gasteiger partial charge is 0.388 e. The van der Waals surface area contributed by atoms with Gasteiger partial charge in [0.05, 0.1) is 0 Å². The molecule has 0 unspecified atom stereocenters. The summed E-state index contributed by atoms with van der Waals surface area (Å²) in [6.45, 7) is 1.77. The van der Waals surface area contributed by atoms with Crippen molar-refractivity contribution in [2.45, 2.75) is 13.1 Å². The number of aromatic amines is 1. The van der Waals surface area contributed by atoms with Crippen molar-refractivity contribution in [3.63, 3.8) is 0 Å². The molecule has 0 amide bonds. The summed E-state index contributed by atoms with van der Waals surface area (Å²) in [4.78, 5) is 3.17. The molecule has 0 bridgehead atoms. The Morgan fingerprint density at radius 1 is 1.06 bits per heavy atom. The minimum atomic E-state index is 0.876. The van der Waals surface area contributed by atoms with Crippen LogP contribution in [0.4, 0.5) is 5.69 Å². The number of aromatic nitrogens is 1. The van der Waals surface area contributed by atoms with Crippen molar-refractivity contribution in [1.29, 1.82) is 0 Å². The molecule has 0 aliphatic rings. The summed E-state index contributed by atoms with van der Waals surface area (Å²) in [6, 6.07) is 12.5. The lowest BCUT2D eigenvalue weighted by atomic mass is 10.2. The van der Waals surface area contributed by atoms with Gasteiger partial charge in [0, 0.05) is 37.7 Å². The number of anilines is 1. The third-order valence-electron chi connectivity index (χ3n) is 2.55. The quantitative estimate of drug-likeness (QED) is 0.716. The van der Waals surface area contributed by atoms with Crippen LogP contribution in [0.15, 0.2) is 42.6 Å². The van der Waals surface area contributed by atoms with Gasteiger partial charge in [-0.1, -0.05) is 12.1 Å². The molecule has 0 aliphatic carbocycles. The van der Waals surface area contributed by atoms with Gasteiger partial charge in [-0.15, -0.1) is 0 Å². The molecule has 0 spiro atoms. The zero-order chi connectivity index (χ0) is 11.2. The van der Waals surface area contributed by atoms with Crippen LogP contribution in [0.5, 0.6) is 0 Å². The highest BCUT2D eigenvalue weighted by Gasteiger charge is 1.94. The Bertz CT molecular complexity index is 403. The Balaban J connectivity index is 1.81. The summed E-state index contributed by atoms with van der Waals surface area (Å²) < 4.78 is 0. The maximum absolute atomic E-state index is 3.39. The number of H-pyrrole nitrogens is 1. The molecular formula is C13H17N3. The van der Waals surface area contributed by atoms with Crippen LogP contribution < -0.4 is 10.6 Å². The van der Waals surface area contributed by atoms with E-state index in [0.29, 0.717) is 0 Å². The molecule has 0 atom stereocenters. The monoisotopic (exact) mass is 215 g/mol. The van der Waals surface area contributed by atoms with Gasteiger partial charge in [-0.3, -0.25) is 0 Å². The van der Waals surface area contributed by atoms with Crippen LogP contribution in [0, 0.1) is 0 Å². The predicted molar refractivity (Wildman–Crippen MR) is 67.3 cm³/mol. The van der Waals surface area contributed by atoms with Gasteiger partial charge in [-0.2, -0.15) is 0 Å². The zero-order valence-electron chi connectivity index (χ0n) is 9.46. The van der Waals surface area contributed by atoms with Gasteiger partial charge in [0.15, 0.2) is 0 Å². The zero-order valence-corrected chi connectivity index (χ0v) is 9.46. The standard InChI is InChI=1S/C13H17N3/c1-14-12-6-4-11(5-7-12)9-15-10-13-3-2-8-16-13/h2-8,14-16H,9-10H2,1H3.